The van der Waals surface area contributed by atoms with Gasteiger partial charge in [0.15, 0.2) is 0 Å². The van der Waals surface area contributed by atoms with Gasteiger partial charge in [0, 0.05) is 5.56 Å². The topological polar surface area (TPSA) is 39.2 Å². The molecule has 0 bridgehead atoms. The summed E-state index contributed by atoms with van der Waals surface area (Å²) in [4.78, 5) is 16.5. The number of pyridine rings is 1. The Bertz CT molecular complexity index is 623. The van der Waals surface area contributed by atoms with Crippen molar-refractivity contribution in [3.05, 3.63) is 53.5 Å². The van der Waals surface area contributed by atoms with Crippen molar-refractivity contribution in [2.45, 2.75) is 26.7 Å². The second-order valence-corrected chi connectivity index (χ2v) is 4.67. The lowest BCUT2D eigenvalue weighted by Gasteiger charge is -2.10. The standard InChI is InChI=1S/C17H18FNO2/c1-3-5-16-14(17(20)21-4-2)10-11-15(19-16)12-6-8-13(18)9-7-12/h6-11H,3-5H2,1-2H3. The van der Waals surface area contributed by atoms with Gasteiger partial charge in [-0.05, 0) is 49.7 Å². The smallest absolute Gasteiger partial charge is 0.339 e. The van der Waals surface area contributed by atoms with E-state index in [0.717, 1.165) is 23.4 Å². The number of hydrogen-bond donors (Lipinski definition) is 0. The summed E-state index contributed by atoms with van der Waals surface area (Å²) in [5.74, 6) is -0.630. The van der Waals surface area contributed by atoms with Crippen molar-refractivity contribution >= 4 is 5.97 Å². The summed E-state index contributed by atoms with van der Waals surface area (Å²) in [5.41, 5.74) is 2.78. The molecule has 0 saturated heterocycles. The Labute approximate surface area is 123 Å². The molecule has 1 aromatic carbocycles. The Morgan fingerprint density at radius 1 is 1.14 bits per heavy atom. The van der Waals surface area contributed by atoms with E-state index in [-0.39, 0.29) is 11.8 Å². The van der Waals surface area contributed by atoms with Crippen LogP contribution in [0.4, 0.5) is 4.39 Å². The zero-order valence-corrected chi connectivity index (χ0v) is 12.2. The molecule has 4 heteroatoms. The van der Waals surface area contributed by atoms with Gasteiger partial charge in [-0.15, -0.1) is 0 Å². The van der Waals surface area contributed by atoms with Crippen LogP contribution in [0.1, 0.15) is 36.3 Å². The van der Waals surface area contributed by atoms with E-state index in [4.69, 9.17) is 4.74 Å². The molecule has 0 aliphatic heterocycles. The van der Waals surface area contributed by atoms with Crippen LogP contribution in [0.5, 0.6) is 0 Å². The lowest BCUT2D eigenvalue weighted by atomic mass is 10.1. The Hall–Kier alpha value is -2.23. The molecule has 0 N–H and O–H groups in total. The molecule has 0 unspecified atom stereocenters. The average Bonchev–Trinajstić information content (AvgIpc) is 2.48. The molecule has 2 aromatic rings. The zero-order chi connectivity index (χ0) is 15.2. The second-order valence-electron chi connectivity index (χ2n) is 4.67. The Balaban J connectivity index is 2.39. The highest BCUT2D eigenvalue weighted by molar-refractivity contribution is 5.91. The molecule has 0 aliphatic rings. The first-order chi connectivity index (χ1) is 10.2. The van der Waals surface area contributed by atoms with Crippen LogP contribution < -0.4 is 0 Å². The van der Waals surface area contributed by atoms with Crippen molar-refractivity contribution in [1.29, 1.82) is 0 Å². The highest BCUT2D eigenvalue weighted by Crippen LogP contribution is 2.21. The molecule has 1 aromatic heterocycles. The van der Waals surface area contributed by atoms with Crippen LogP contribution in [-0.4, -0.2) is 17.6 Å². The van der Waals surface area contributed by atoms with Gasteiger partial charge in [0.2, 0.25) is 0 Å². The Morgan fingerprint density at radius 2 is 1.86 bits per heavy atom. The quantitative estimate of drug-likeness (QED) is 0.780. The third kappa shape index (κ3) is 3.66. The number of carbonyl (C=O) groups excluding carboxylic acids is 1. The van der Waals surface area contributed by atoms with Crippen LogP contribution in [0.3, 0.4) is 0 Å². The van der Waals surface area contributed by atoms with Crippen LogP contribution >= 0.6 is 0 Å². The number of halogens is 1. The van der Waals surface area contributed by atoms with Crippen molar-refractivity contribution in [1.82, 2.24) is 4.98 Å². The van der Waals surface area contributed by atoms with Crippen molar-refractivity contribution in [3.63, 3.8) is 0 Å². The number of aryl methyl sites for hydroxylation is 1. The zero-order valence-electron chi connectivity index (χ0n) is 12.2. The third-order valence-electron chi connectivity index (χ3n) is 3.10. The van der Waals surface area contributed by atoms with E-state index in [1.165, 1.54) is 12.1 Å². The van der Waals surface area contributed by atoms with Gasteiger partial charge in [0.1, 0.15) is 5.82 Å². The minimum atomic E-state index is -0.348. The molecule has 0 radical (unpaired) electrons. The number of nitrogens with zero attached hydrogens (tertiary/aromatic N) is 1. The van der Waals surface area contributed by atoms with Crippen LogP contribution in [0, 0.1) is 5.82 Å². The number of benzene rings is 1. The maximum atomic E-state index is 13.0. The number of rotatable bonds is 5. The summed E-state index contributed by atoms with van der Waals surface area (Å²) in [6.07, 6.45) is 1.58. The van der Waals surface area contributed by atoms with Crippen molar-refractivity contribution in [2.75, 3.05) is 6.61 Å². The molecule has 0 fully saturated rings. The van der Waals surface area contributed by atoms with Gasteiger partial charge in [-0.25, -0.2) is 9.18 Å². The summed E-state index contributed by atoms with van der Waals surface area (Å²) in [6.45, 7) is 4.14. The molecule has 0 amide bonds. The summed E-state index contributed by atoms with van der Waals surface area (Å²) >= 11 is 0. The molecule has 1 heterocycles. The minimum absolute atomic E-state index is 0.282. The normalized spacial score (nSPS) is 10.4. The predicted octanol–water partition coefficient (Wildman–Crippen LogP) is 4.02. The van der Waals surface area contributed by atoms with Gasteiger partial charge in [-0.3, -0.25) is 4.98 Å². The van der Waals surface area contributed by atoms with E-state index in [1.54, 1.807) is 31.2 Å². The molecule has 2 rings (SSSR count). The first-order valence-corrected chi connectivity index (χ1v) is 7.08. The van der Waals surface area contributed by atoms with Gasteiger partial charge in [-0.1, -0.05) is 13.3 Å². The summed E-state index contributed by atoms with van der Waals surface area (Å²) < 4.78 is 18.0. The van der Waals surface area contributed by atoms with Crippen LogP contribution in [0.25, 0.3) is 11.3 Å². The van der Waals surface area contributed by atoms with Crippen LogP contribution in [0.15, 0.2) is 36.4 Å². The van der Waals surface area contributed by atoms with E-state index in [2.05, 4.69) is 4.98 Å². The highest BCUT2D eigenvalue weighted by Gasteiger charge is 2.14. The third-order valence-corrected chi connectivity index (χ3v) is 3.10. The van der Waals surface area contributed by atoms with Gasteiger partial charge < -0.3 is 4.74 Å². The van der Waals surface area contributed by atoms with Crippen LogP contribution in [-0.2, 0) is 11.2 Å². The van der Waals surface area contributed by atoms with Crippen molar-refractivity contribution in [3.8, 4) is 11.3 Å². The molecule has 0 atom stereocenters. The molecule has 0 aliphatic carbocycles. The lowest BCUT2D eigenvalue weighted by molar-refractivity contribution is 0.0524. The predicted molar refractivity (Wildman–Crippen MR) is 79.6 cm³/mol. The van der Waals surface area contributed by atoms with E-state index in [9.17, 15) is 9.18 Å². The monoisotopic (exact) mass is 287 g/mol. The molecular formula is C17H18FNO2. The molecular weight excluding hydrogens is 269 g/mol. The first-order valence-electron chi connectivity index (χ1n) is 7.08. The first kappa shape index (κ1) is 15.2. The fourth-order valence-corrected chi connectivity index (χ4v) is 2.10. The molecule has 110 valence electrons. The van der Waals surface area contributed by atoms with Crippen molar-refractivity contribution in [2.24, 2.45) is 0 Å². The molecule has 0 saturated carbocycles. The van der Waals surface area contributed by atoms with Gasteiger partial charge >= 0.3 is 5.97 Å². The van der Waals surface area contributed by atoms with Gasteiger partial charge in [0.25, 0.3) is 0 Å². The largest absolute Gasteiger partial charge is 0.462 e. The summed E-state index contributed by atoms with van der Waals surface area (Å²) in [7, 11) is 0. The number of hydrogen-bond acceptors (Lipinski definition) is 3. The average molecular weight is 287 g/mol. The van der Waals surface area contributed by atoms with Gasteiger partial charge in [-0.2, -0.15) is 0 Å². The Morgan fingerprint density at radius 3 is 2.48 bits per heavy atom. The summed E-state index contributed by atoms with van der Waals surface area (Å²) in [6, 6.07) is 9.65. The van der Waals surface area contributed by atoms with E-state index in [1.807, 2.05) is 6.92 Å². The van der Waals surface area contributed by atoms with E-state index in [0.29, 0.717) is 18.6 Å². The molecule has 0 spiro atoms. The number of carbonyl (C=O) groups is 1. The molecule has 3 nitrogen and oxygen atoms in total. The maximum Gasteiger partial charge on any atom is 0.339 e. The molecule has 21 heavy (non-hydrogen) atoms. The summed E-state index contributed by atoms with van der Waals surface area (Å²) in [5, 5.41) is 0. The van der Waals surface area contributed by atoms with E-state index >= 15 is 0 Å². The maximum absolute atomic E-state index is 13.0. The Kier molecular flexibility index (Phi) is 5.04. The van der Waals surface area contributed by atoms with Crippen molar-refractivity contribution < 1.29 is 13.9 Å². The number of esters is 1. The highest BCUT2D eigenvalue weighted by atomic mass is 19.1. The minimum Gasteiger partial charge on any atom is -0.462 e. The second kappa shape index (κ2) is 6.97. The number of aromatic nitrogens is 1. The fraction of sp³-hybridized carbons (Fsp3) is 0.294. The van der Waals surface area contributed by atoms with E-state index < -0.39 is 0 Å². The van der Waals surface area contributed by atoms with Gasteiger partial charge in [0.05, 0.1) is 23.6 Å². The number of ether oxygens (including phenoxy) is 1. The fourth-order valence-electron chi connectivity index (χ4n) is 2.10. The lowest BCUT2D eigenvalue weighted by Crippen LogP contribution is -2.10. The SMILES string of the molecule is CCCc1nc(-c2ccc(F)cc2)ccc1C(=O)OCC. The van der Waals surface area contributed by atoms with Crippen LogP contribution in [0.2, 0.25) is 0 Å².